The number of hydrogen-bond acceptors (Lipinski definition) is 4. The third kappa shape index (κ3) is 2.19. The third-order valence-corrected chi connectivity index (χ3v) is 3.83. The molecule has 2 heterocycles. The summed E-state index contributed by atoms with van der Waals surface area (Å²) in [7, 11) is 0. The highest BCUT2D eigenvalue weighted by molar-refractivity contribution is 7.14. The Bertz CT molecular complexity index is 297. The molecule has 0 aliphatic carbocycles. The van der Waals surface area contributed by atoms with Gasteiger partial charge in [0.1, 0.15) is 5.15 Å². The molecule has 1 aliphatic heterocycles. The maximum Gasteiger partial charge on any atom is 0.186 e. The molecular weight excluding hydrogens is 220 g/mol. The highest BCUT2D eigenvalue weighted by Crippen LogP contribution is 2.27. The van der Waals surface area contributed by atoms with Crippen molar-refractivity contribution in [3.63, 3.8) is 0 Å². The van der Waals surface area contributed by atoms with Crippen LogP contribution in [0, 0.1) is 5.92 Å². The minimum Gasteiger partial charge on any atom is -0.396 e. The van der Waals surface area contributed by atoms with E-state index >= 15 is 0 Å². The van der Waals surface area contributed by atoms with Crippen molar-refractivity contribution >= 4 is 28.1 Å². The monoisotopic (exact) mass is 232 g/mol. The van der Waals surface area contributed by atoms with Crippen LogP contribution in [0.2, 0.25) is 5.15 Å². The van der Waals surface area contributed by atoms with Crippen molar-refractivity contribution in [3.05, 3.63) is 10.5 Å². The van der Waals surface area contributed by atoms with Gasteiger partial charge in [-0.05, 0) is 18.8 Å². The van der Waals surface area contributed by atoms with Crippen molar-refractivity contribution in [2.24, 2.45) is 5.92 Å². The molecule has 1 aromatic rings. The molecule has 0 radical (unpaired) electrons. The largest absolute Gasteiger partial charge is 0.396 e. The molecule has 0 spiro atoms. The van der Waals surface area contributed by atoms with Crippen LogP contribution in [0.5, 0.6) is 0 Å². The molecule has 78 valence electrons. The lowest BCUT2D eigenvalue weighted by molar-refractivity contribution is 0.203. The standard InChI is InChI=1S/C9H13ClN2OS/c10-8-6-14-9(11-8)12-3-1-7(5-13)2-4-12/h6-7,13H,1-5H2. The van der Waals surface area contributed by atoms with Gasteiger partial charge < -0.3 is 10.0 Å². The highest BCUT2D eigenvalue weighted by Gasteiger charge is 2.20. The Morgan fingerprint density at radius 3 is 2.79 bits per heavy atom. The van der Waals surface area contributed by atoms with Crippen molar-refractivity contribution in [1.29, 1.82) is 0 Å². The number of piperidine rings is 1. The second-order valence-corrected chi connectivity index (χ2v) is 4.79. The molecule has 2 rings (SSSR count). The normalized spacial score (nSPS) is 18.9. The Labute approximate surface area is 92.3 Å². The quantitative estimate of drug-likeness (QED) is 0.848. The van der Waals surface area contributed by atoms with Crippen molar-refractivity contribution in [3.8, 4) is 0 Å². The summed E-state index contributed by atoms with van der Waals surface area (Å²) in [4.78, 5) is 6.47. The van der Waals surface area contributed by atoms with Gasteiger partial charge >= 0.3 is 0 Å². The fraction of sp³-hybridized carbons (Fsp3) is 0.667. The lowest BCUT2D eigenvalue weighted by Gasteiger charge is -2.30. The van der Waals surface area contributed by atoms with Crippen LogP contribution >= 0.6 is 22.9 Å². The Morgan fingerprint density at radius 2 is 2.29 bits per heavy atom. The second kappa shape index (κ2) is 4.47. The van der Waals surface area contributed by atoms with Crippen LogP contribution in [0.4, 0.5) is 5.13 Å². The average molecular weight is 233 g/mol. The first kappa shape index (κ1) is 10.2. The molecule has 5 heteroatoms. The van der Waals surface area contributed by atoms with Gasteiger partial charge in [0.2, 0.25) is 0 Å². The van der Waals surface area contributed by atoms with Gasteiger partial charge in [-0.1, -0.05) is 11.6 Å². The lowest BCUT2D eigenvalue weighted by atomic mass is 9.98. The highest BCUT2D eigenvalue weighted by atomic mass is 35.5. The summed E-state index contributed by atoms with van der Waals surface area (Å²) < 4.78 is 0. The first-order valence-corrected chi connectivity index (χ1v) is 6.02. The summed E-state index contributed by atoms with van der Waals surface area (Å²) >= 11 is 7.35. The van der Waals surface area contributed by atoms with E-state index in [9.17, 15) is 0 Å². The van der Waals surface area contributed by atoms with E-state index in [-0.39, 0.29) is 0 Å². The van der Waals surface area contributed by atoms with Crippen LogP contribution in [0.1, 0.15) is 12.8 Å². The van der Waals surface area contributed by atoms with Gasteiger partial charge in [0.05, 0.1) is 0 Å². The zero-order valence-corrected chi connectivity index (χ0v) is 9.39. The molecule has 1 saturated heterocycles. The number of nitrogens with zero attached hydrogens (tertiary/aromatic N) is 2. The smallest absolute Gasteiger partial charge is 0.186 e. The molecule has 1 fully saturated rings. The first-order valence-electron chi connectivity index (χ1n) is 4.76. The molecule has 0 unspecified atom stereocenters. The minimum absolute atomic E-state index is 0.312. The molecule has 3 nitrogen and oxygen atoms in total. The van der Waals surface area contributed by atoms with Gasteiger partial charge in [0.15, 0.2) is 5.13 Å². The van der Waals surface area contributed by atoms with Gasteiger partial charge in [-0.25, -0.2) is 4.98 Å². The number of rotatable bonds is 2. The Kier molecular flexibility index (Phi) is 3.26. The lowest BCUT2D eigenvalue weighted by Crippen LogP contribution is -2.34. The van der Waals surface area contributed by atoms with Gasteiger partial charge in [-0.3, -0.25) is 0 Å². The number of anilines is 1. The van der Waals surface area contributed by atoms with Crippen LogP contribution in [0.25, 0.3) is 0 Å². The van der Waals surface area contributed by atoms with E-state index < -0.39 is 0 Å². The molecule has 1 aromatic heterocycles. The van der Waals surface area contributed by atoms with Crippen molar-refractivity contribution in [1.82, 2.24) is 4.98 Å². The maximum atomic E-state index is 9.00. The van der Waals surface area contributed by atoms with E-state index in [1.54, 1.807) is 11.3 Å². The predicted molar refractivity (Wildman–Crippen MR) is 59.1 cm³/mol. The van der Waals surface area contributed by atoms with E-state index in [0.717, 1.165) is 31.1 Å². The number of hydrogen-bond donors (Lipinski definition) is 1. The van der Waals surface area contributed by atoms with E-state index in [1.165, 1.54) is 0 Å². The zero-order chi connectivity index (χ0) is 9.97. The fourth-order valence-electron chi connectivity index (χ4n) is 1.70. The van der Waals surface area contributed by atoms with Gasteiger partial charge in [-0.15, -0.1) is 11.3 Å². The summed E-state index contributed by atoms with van der Waals surface area (Å²) in [6.45, 7) is 2.27. The minimum atomic E-state index is 0.312. The average Bonchev–Trinajstić information content (AvgIpc) is 2.65. The summed E-state index contributed by atoms with van der Waals surface area (Å²) in [6.07, 6.45) is 2.10. The predicted octanol–water partition coefficient (Wildman–Crippen LogP) is 2.01. The van der Waals surface area contributed by atoms with Crippen LogP contribution in [-0.2, 0) is 0 Å². The molecule has 0 atom stereocenters. The number of aliphatic hydroxyl groups is 1. The number of aliphatic hydroxyl groups excluding tert-OH is 1. The second-order valence-electron chi connectivity index (χ2n) is 3.57. The van der Waals surface area contributed by atoms with E-state index in [2.05, 4.69) is 9.88 Å². The fourth-order valence-corrected chi connectivity index (χ4v) is 2.70. The van der Waals surface area contributed by atoms with Crippen molar-refractivity contribution in [2.75, 3.05) is 24.6 Å². The number of aromatic nitrogens is 1. The molecule has 1 N–H and O–H groups in total. The SMILES string of the molecule is OCC1CCN(c2nc(Cl)cs2)CC1. The van der Waals surface area contributed by atoms with Crippen LogP contribution in [0.3, 0.4) is 0 Å². The molecule has 0 aromatic carbocycles. The van der Waals surface area contributed by atoms with Crippen LogP contribution < -0.4 is 4.90 Å². The van der Waals surface area contributed by atoms with Gasteiger partial charge in [0, 0.05) is 25.1 Å². The summed E-state index contributed by atoms with van der Waals surface area (Å²) in [5, 5.41) is 12.4. The van der Waals surface area contributed by atoms with Crippen molar-refractivity contribution < 1.29 is 5.11 Å². The maximum absolute atomic E-state index is 9.00. The first-order chi connectivity index (χ1) is 6.79. The third-order valence-electron chi connectivity index (χ3n) is 2.61. The molecule has 14 heavy (non-hydrogen) atoms. The number of halogens is 1. The van der Waals surface area contributed by atoms with Crippen LogP contribution in [0.15, 0.2) is 5.38 Å². The molecule has 0 bridgehead atoms. The summed E-state index contributed by atoms with van der Waals surface area (Å²) in [5.41, 5.74) is 0. The molecule has 0 amide bonds. The Morgan fingerprint density at radius 1 is 1.57 bits per heavy atom. The van der Waals surface area contributed by atoms with Crippen LogP contribution in [-0.4, -0.2) is 29.8 Å². The topological polar surface area (TPSA) is 36.4 Å². The zero-order valence-electron chi connectivity index (χ0n) is 7.82. The Balaban J connectivity index is 1.95. The number of thiazole rings is 1. The van der Waals surface area contributed by atoms with E-state index in [4.69, 9.17) is 16.7 Å². The molecule has 1 aliphatic rings. The Hall–Kier alpha value is -0.320. The van der Waals surface area contributed by atoms with E-state index in [1.807, 2.05) is 5.38 Å². The van der Waals surface area contributed by atoms with Gasteiger partial charge in [-0.2, -0.15) is 0 Å². The summed E-state index contributed by atoms with van der Waals surface area (Å²) in [5.74, 6) is 0.474. The summed E-state index contributed by atoms with van der Waals surface area (Å²) in [6, 6.07) is 0. The van der Waals surface area contributed by atoms with E-state index in [0.29, 0.717) is 17.7 Å². The van der Waals surface area contributed by atoms with Gasteiger partial charge in [0.25, 0.3) is 0 Å². The molecular formula is C9H13ClN2OS. The van der Waals surface area contributed by atoms with Crippen molar-refractivity contribution in [2.45, 2.75) is 12.8 Å². The molecule has 0 saturated carbocycles.